The molecule has 1 atom stereocenters. The van der Waals surface area contributed by atoms with Gasteiger partial charge in [0.15, 0.2) is 0 Å². The van der Waals surface area contributed by atoms with E-state index in [0.29, 0.717) is 6.54 Å². The minimum Gasteiger partial charge on any atom is -0.480 e. The molecule has 0 aromatic heterocycles. The van der Waals surface area contributed by atoms with Crippen LogP contribution in [0.4, 0.5) is 0 Å². The normalized spacial score (nSPS) is 10.9. The van der Waals surface area contributed by atoms with Gasteiger partial charge in [0.1, 0.15) is 6.04 Å². The molecule has 0 fully saturated rings. The summed E-state index contributed by atoms with van der Waals surface area (Å²) in [4.78, 5) is 13.2. The van der Waals surface area contributed by atoms with E-state index in [-0.39, 0.29) is 18.8 Å². The van der Waals surface area contributed by atoms with Crippen molar-refractivity contribution in [2.24, 2.45) is 10.8 Å². The van der Waals surface area contributed by atoms with E-state index in [9.17, 15) is 4.79 Å². The fourth-order valence-corrected chi connectivity index (χ4v) is 1.24. The van der Waals surface area contributed by atoms with Gasteiger partial charge in [-0.1, -0.05) is 29.4 Å². The summed E-state index contributed by atoms with van der Waals surface area (Å²) < 4.78 is 0. The van der Waals surface area contributed by atoms with E-state index in [0.717, 1.165) is 11.1 Å². The Morgan fingerprint density at radius 1 is 1.41 bits per heavy atom. The minimum absolute atomic E-state index is 0. The average molecular weight is 257 g/mol. The first-order valence-electron chi connectivity index (χ1n) is 4.70. The van der Waals surface area contributed by atoms with Crippen LogP contribution in [0.15, 0.2) is 29.4 Å². The number of carboxylic acids is 1. The predicted molar refractivity (Wildman–Crippen MR) is 65.9 cm³/mol. The van der Waals surface area contributed by atoms with E-state index in [4.69, 9.17) is 16.4 Å². The van der Waals surface area contributed by atoms with Crippen molar-refractivity contribution in [1.29, 1.82) is 0 Å². The Hall–Kier alpha value is -1.75. The van der Waals surface area contributed by atoms with Crippen molar-refractivity contribution in [3.05, 3.63) is 45.8 Å². The third kappa shape index (κ3) is 5.21. The van der Waals surface area contributed by atoms with E-state index in [2.05, 4.69) is 10.0 Å². The van der Waals surface area contributed by atoms with E-state index >= 15 is 0 Å². The van der Waals surface area contributed by atoms with Crippen LogP contribution in [-0.4, -0.2) is 17.1 Å². The van der Waals surface area contributed by atoms with Gasteiger partial charge >= 0.3 is 5.97 Å². The summed E-state index contributed by atoms with van der Waals surface area (Å²) >= 11 is 0. The second kappa shape index (κ2) is 7.51. The number of benzene rings is 1. The maximum Gasteiger partial charge on any atom is 0.320 e. The summed E-state index contributed by atoms with van der Waals surface area (Å²) in [6, 6.07) is 6.26. The highest BCUT2D eigenvalue weighted by atomic mass is 35.5. The van der Waals surface area contributed by atoms with Gasteiger partial charge in [-0.25, -0.2) is 0 Å². The number of nitrogens with zero attached hydrogens (tertiary/aromatic N) is 3. The molecule has 1 aromatic carbocycles. The molecule has 0 unspecified atom stereocenters. The first-order chi connectivity index (χ1) is 7.63. The summed E-state index contributed by atoms with van der Waals surface area (Å²) in [6.07, 6.45) is 0.289. The topological polar surface area (TPSA) is 112 Å². The smallest absolute Gasteiger partial charge is 0.320 e. The van der Waals surface area contributed by atoms with Gasteiger partial charge in [-0.3, -0.25) is 4.79 Å². The Morgan fingerprint density at radius 2 is 1.94 bits per heavy atom. The Bertz CT molecular complexity index is 415. The Kier molecular flexibility index (Phi) is 6.74. The van der Waals surface area contributed by atoms with Crippen LogP contribution in [0.2, 0.25) is 0 Å². The van der Waals surface area contributed by atoms with Gasteiger partial charge < -0.3 is 10.8 Å². The molecule has 0 amide bonds. The number of nitrogens with two attached hydrogens (primary N) is 1. The van der Waals surface area contributed by atoms with Crippen molar-refractivity contribution in [2.75, 3.05) is 0 Å². The van der Waals surface area contributed by atoms with E-state index < -0.39 is 12.0 Å². The molecule has 0 aliphatic carbocycles. The third-order valence-electron chi connectivity index (χ3n) is 2.11. The zero-order valence-electron chi connectivity index (χ0n) is 8.98. The van der Waals surface area contributed by atoms with Crippen LogP contribution >= 0.6 is 12.4 Å². The fourth-order valence-electron chi connectivity index (χ4n) is 1.24. The molecule has 0 radical (unpaired) electrons. The standard InChI is InChI=1S/C10H12N4O2.ClH/c11-9(10(15)16)5-7-1-3-8(4-2-7)6-13-14-12;/h1-4,9H,5-6,11H2,(H,15,16);1H/t9-;/m0./s1. The molecule has 0 bridgehead atoms. The highest BCUT2D eigenvalue weighted by molar-refractivity contribution is 5.85. The lowest BCUT2D eigenvalue weighted by Crippen LogP contribution is -2.32. The highest BCUT2D eigenvalue weighted by Crippen LogP contribution is 2.07. The first kappa shape index (κ1) is 15.2. The van der Waals surface area contributed by atoms with Crippen LogP contribution < -0.4 is 5.73 Å². The van der Waals surface area contributed by atoms with E-state index in [1.165, 1.54) is 0 Å². The quantitative estimate of drug-likeness (QED) is 0.476. The molecule has 3 N–H and O–H groups in total. The number of aliphatic carboxylic acids is 1. The summed E-state index contributed by atoms with van der Waals surface area (Å²) in [6.45, 7) is 0.293. The maximum atomic E-state index is 10.5. The van der Waals surface area contributed by atoms with Crippen LogP contribution in [0.25, 0.3) is 10.4 Å². The van der Waals surface area contributed by atoms with Crippen LogP contribution in [0, 0.1) is 0 Å². The number of hydrogen-bond acceptors (Lipinski definition) is 3. The summed E-state index contributed by atoms with van der Waals surface area (Å²) in [5, 5.41) is 12.1. The maximum absolute atomic E-state index is 10.5. The lowest BCUT2D eigenvalue weighted by atomic mass is 10.0. The predicted octanol–water partition coefficient (Wildman–Crippen LogP) is 1.87. The number of carboxylic acid groups (broad SMARTS) is 1. The molecular weight excluding hydrogens is 244 g/mol. The summed E-state index contributed by atoms with van der Waals surface area (Å²) in [7, 11) is 0. The molecule has 92 valence electrons. The number of rotatable bonds is 5. The van der Waals surface area contributed by atoms with Crippen molar-refractivity contribution >= 4 is 18.4 Å². The van der Waals surface area contributed by atoms with Gasteiger partial charge in [0.25, 0.3) is 0 Å². The highest BCUT2D eigenvalue weighted by Gasteiger charge is 2.11. The van der Waals surface area contributed by atoms with Crippen LogP contribution in [0.1, 0.15) is 11.1 Å². The second-order valence-corrected chi connectivity index (χ2v) is 3.35. The summed E-state index contributed by atoms with van der Waals surface area (Å²) in [5.41, 5.74) is 15.3. The largest absolute Gasteiger partial charge is 0.480 e. The molecule has 6 nitrogen and oxygen atoms in total. The lowest BCUT2D eigenvalue weighted by molar-refractivity contribution is -0.138. The molecule has 0 aliphatic rings. The second-order valence-electron chi connectivity index (χ2n) is 3.35. The van der Waals surface area contributed by atoms with Crippen molar-refractivity contribution in [1.82, 2.24) is 0 Å². The number of hydrogen-bond donors (Lipinski definition) is 2. The molecule has 0 spiro atoms. The van der Waals surface area contributed by atoms with Crippen molar-refractivity contribution < 1.29 is 9.90 Å². The molecule has 0 saturated carbocycles. The molecular formula is C10H13ClN4O2. The van der Waals surface area contributed by atoms with E-state index in [1.807, 2.05) is 0 Å². The summed E-state index contributed by atoms with van der Waals surface area (Å²) in [5.74, 6) is -1.02. The lowest BCUT2D eigenvalue weighted by Gasteiger charge is -2.06. The zero-order valence-corrected chi connectivity index (χ0v) is 9.80. The van der Waals surface area contributed by atoms with Crippen molar-refractivity contribution in [2.45, 2.75) is 19.0 Å². The van der Waals surface area contributed by atoms with Gasteiger partial charge in [-0.2, -0.15) is 0 Å². The first-order valence-corrected chi connectivity index (χ1v) is 4.70. The Labute approximate surface area is 104 Å². The van der Waals surface area contributed by atoms with Gasteiger partial charge in [-0.05, 0) is 23.1 Å². The Balaban J connectivity index is 0.00000256. The van der Waals surface area contributed by atoms with Crippen LogP contribution in [-0.2, 0) is 17.8 Å². The number of carbonyl (C=O) groups is 1. The molecule has 1 aromatic rings. The van der Waals surface area contributed by atoms with Crippen LogP contribution in [0.5, 0.6) is 0 Å². The van der Waals surface area contributed by atoms with Gasteiger partial charge in [0.05, 0.1) is 6.54 Å². The monoisotopic (exact) mass is 256 g/mol. The molecule has 0 heterocycles. The molecule has 17 heavy (non-hydrogen) atoms. The average Bonchev–Trinajstić information content (AvgIpc) is 2.28. The number of azide groups is 1. The molecule has 0 saturated heterocycles. The zero-order chi connectivity index (χ0) is 12.0. The molecule has 0 aliphatic heterocycles. The van der Waals surface area contributed by atoms with Crippen molar-refractivity contribution in [3.8, 4) is 0 Å². The fraction of sp³-hybridized carbons (Fsp3) is 0.300. The number of halogens is 1. The van der Waals surface area contributed by atoms with Gasteiger partial charge in [0, 0.05) is 4.91 Å². The van der Waals surface area contributed by atoms with Gasteiger partial charge in [-0.15, -0.1) is 12.4 Å². The SMILES string of the molecule is Cl.[N-]=[N+]=NCc1ccc(C[C@H](N)C(=O)O)cc1. The van der Waals surface area contributed by atoms with E-state index in [1.54, 1.807) is 24.3 Å². The third-order valence-corrected chi connectivity index (χ3v) is 2.11. The minimum atomic E-state index is -1.02. The molecule has 7 heteroatoms. The molecule has 1 rings (SSSR count). The Morgan fingerprint density at radius 3 is 2.41 bits per heavy atom. The van der Waals surface area contributed by atoms with Crippen LogP contribution in [0.3, 0.4) is 0 Å². The van der Waals surface area contributed by atoms with Crippen molar-refractivity contribution in [3.63, 3.8) is 0 Å². The van der Waals surface area contributed by atoms with Gasteiger partial charge in [0.2, 0.25) is 0 Å².